The zero-order valence-electron chi connectivity index (χ0n) is 16.2. The minimum atomic E-state index is -0.113. The van der Waals surface area contributed by atoms with Crippen molar-refractivity contribution < 1.29 is 9.72 Å². The van der Waals surface area contributed by atoms with E-state index in [0.717, 1.165) is 22.6 Å². The zero-order valence-corrected chi connectivity index (χ0v) is 16.2. The van der Waals surface area contributed by atoms with Gasteiger partial charge in [0, 0.05) is 34.4 Å². The molecular weight excluding hydrogens is 300 g/mol. The van der Waals surface area contributed by atoms with Crippen molar-refractivity contribution in [1.82, 2.24) is 0 Å². The Labute approximate surface area is 146 Å². The van der Waals surface area contributed by atoms with Gasteiger partial charge in [-0.2, -0.15) is 0 Å². The van der Waals surface area contributed by atoms with Crippen LogP contribution in [0.2, 0.25) is 0 Å². The summed E-state index contributed by atoms with van der Waals surface area (Å²) in [6.45, 7) is 13.7. The molecule has 8 atom stereocenters. The van der Waals surface area contributed by atoms with Gasteiger partial charge < -0.3 is 10.4 Å². The molecular formula is C20H34N2O2. The number of hydrogen-bond donors (Lipinski definition) is 0. The fourth-order valence-electron chi connectivity index (χ4n) is 7.12. The average Bonchev–Trinajstić information content (AvgIpc) is 2.52. The summed E-state index contributed by atoms with van der Waals surface area (Å²) >= 11 is 0. The van der Waals surface area contributed by atoms with Crippen molar-refractivity contribution in [1.29, 1.82) is 0 Å². The second kappa shape index (κ2) is 4.88. The lowest BCUT2D eigenvalue weighted by molar-refractivity contribution is -1.00. The molecule has 4 bridgehead atoms. The first kappa shape index (κ1) is 16.7. The second-order valence-corrected chi connectivity index (χ2v) is 10.7. The molecule has 0 heterocycles. The van der Waals surface area contributed by atoms with Crippen LogP contribution in [0.5, 0.6) is 0 Å². The minimum absolute atomic E-state index is 0.113. The molecule has 6 saturated carbocycles. The van der Waals surface area contributed by atoms with Crippen LogP contribution in [-0.2, 0) is 0 Å². The maximum absolute atomic E-state index is 12.9. The van der Waals surface area contributed by atoms with E-state index < -0.39 is 0 Å². The molecule has 0 spiro atoms. The van der Waals surface area contributed by atoms with Crippen LogP contribution in [0.25, 0.3) is 0 Å². The van der Waals surface area contributed by atoms with Crippen LogP contribution >= 0.6 is 0 Å². The Morgan fingerprint density at radius 2 is 1.00 bits per heavy atom. The van der Waals surface area contributed by atoms with Crippen LogP contribution in [0.4, 0.5) is 0 Å². The summed E-state index contributed by atoms with van der Waals surface area (Å²) in [7, 11) is 0. The number of nitrogens with zero attached hydrogens (tertiary/aromatic N) is 2. The molecule has 0 aromatic rings. The van der Waals surface area contributed by atoms with Crippen LogP contribution in [0.1, 0.15) is 67.2 Å². The Morgan fingerprint density at radius 3 is 1.25 bits per heavy atom. The van der Waals surface area contributed by atoms with Crippen LogP contribution in [0.3, 0.4) is 0 Å². The summed E-state index contributed by atoms with van der Waals surface area (Å²) in [6, 6.07) is -0.226. The molecule has 0 amide bonds. The Hall–Kier alpha value is -0.800. The molecule has 0 N–H and O–H groups in total. The van der Waals surface area contributed by atoms with Gasteiger partial charge in [0.2, 0.25) is 12.1 Å². The first-order valence-corrected chi connectivity index (χ1v) is 9.99. The summed E-state index contributed by atoms with van der Waals surface area (Å²) in [6.07, 6.45) is 4.28. The maximum atomic E-state index is 12.9. The highest BCUT2D eigenvalue weighted by Crippen LogP contribution is 2.63. The molecule has 6 aliphatic carbocycles. The summed E-state index contributed by atoms with van der Waals surface area (Å²) < 4.78 is 0. The van der Waals surface area contributed by atoms with Gasteiger partial charge in [-0.3, -0.25) is 0 Å². The molecule has 6 rings (SSSR count). The van der Waals surface area contributed by atoms with E-state index >= 15 is 0 Å². The topological polar surface area (TPSA) is 52.1 Å². The van der Waals surface area contributed by atoms with E-state index in [1.165, 1.54) is 12.8 Å². The fourth-order valence-corrected chi connectivity index (χ4v) is 7.12. The van der Waals surface area contributed by atoms with E-state index in [1.54, 1.807) is 0 Å². The van der Waals surface area contributed by atoms with E-state index in [2.05, 4.69) is 41.5 Å². The first-order chi connectivity index (χ1) is 11.1. The van der Waals surface area contributed by atoms with Crippen LogP contribution < -0.4 is 0 Å². The normalized spacial score (nSPS) is 51.9. The number of hydrogen-bond acceptors (Lipinski definition) is 2. The Bertz CT molecular complexity index is 532. The molecule has 6 aliphatic rings. The van der Waals surface area contributed by atoms with Crippen LogP contribution in [-0.4, -0.2) is 21.8 Å². The van der Waals surface area contributed by atoms with Crippen molar-refractivity contribution in [3.05, 3.63) is 10.4 Å². The summed E-state index contributed by atoms with van der Waals surface area (Å²) in [5.41, 5.74) is 0.711. The predicted octanol–water partition coefficient (Wildman–Crippen LogP) is 4.60. The Kier molecular flexibility index (Phi) is 3.39. The van der Waals surface area contributed by atoms with Crippen molar-refractivity contribution in [2.75, 3.05) is 0 Å². The number of hydroxylamine groups is 2. The van der Waals surface area contributed by atoms with Crippen molar-refractivity contribution in [2.45, 2.75) is 79.3 Å². The molecule has 0 aliphatic heterocycles. The smallest absolute Gasteiger partial charge is 0.232 e. The monoisotopic (exact) mass is 334 g/mol. The quantitative estimate of drug-likeness (QED) is 0.421. The predicted molar refractivity (Wildman–Crippen MR) is 93.1 cm³/mol. The lowest BCUT2D eigenvalue weighted by atomic mass is 9.44. The van der Waals surface area contributed by atoms with E-state index in [0.29, 0.717) is 46.3 Å². The molecule has 4 nitrogen and oxygen atoms in total. The number of azo groups is 1. The van der Waals surface area contributed by atoms with Gasteiger partial charge in [-0.05, 0) is 47.3 Å². The highest BCUT2D eigenvalue weighted by atomic mass is 16.6. The summed E-state index contributed by atoms with van der Waals surface area (Å²) in [5.74, 6) is 3.08. The van der Waals surface area contributed by atoms with Gasteiger partial charge in [-0.25, -0.2) is 0 Å². The molecule has 136 valence electrons. The fraction of sp³-hybridized carbons (Fsp3) is 1.00. The third kappa shape index (κ3) is 1.92. The molecule has 0 unspecified atom stereocenters. The van der Waals surface area contributed by atoms with Gasteiger partial charge in [-0.1, -0.05) is 41.5 Å². The van der Waals surface area contributed by atoms with Gasteiger partial charge in [-0.15, -0.1) is 0 Å². The largest absolute Gasteiger partial charge is 0.567 e. The second-order valence-electron chi connectivity index (χ2n) is 10.7. The van der Waals surface area contributed by atoms with E-state index in [4.69, 9.17) is 0 Å². The van der Waals surface area contributed by atoms with Gasteiger partial charge in [0.25, 0.3) is 0 Å². The molecule has 0 saturated heterocycles. The van der Waals surface area contributed by atoms with Crippen molar-refractivity contribution in [3.63, 3.8) is 0 Å². The van der Waals surface area contributed by atoms with E-state index in [-0.39, 0.29) is 12.1 Å². The minimum Gasteiger partial charge on any atom is -0.567 e. The van der Waals surface area contributed by atoms with Crippen molar-refractivity contribution >= 4 is 0 Å². The highest BCUT2D eigenvalue weighted by molar-refractivity contribution is 5.06. The third-order valence-electron chi connectivity index (χ3n) is 9.39. The molecule has 24 heavy (non-hydrogen) atoms. The van der Waals surface area contributed by atoms with Crippen molar-refractivity contribution in [2.24, 2.45) is 46.3 Å². The maximum Gasteiger partial charge on any atom is 0.232 e. The van der Waals surface area contributed by atoms with E-state index in [9.17, 15) is 10.4 Å². The molecule has 4 heteroatoms. The van der Waals surface area contributed by atoms with E-state index in [1.807, 2.05) is 0 Å². The molecule has 0 aromatic heterocycles. The average molecular weight is 335 g/mol. The Balaban J connectivity index is 1.55. The standard InChI is InChI=1S/C20H34N2O2/c1-11-15-7-13(19(15,3)4)9-17(11)21(23)22(24)18-10-14-8-16(12(18)2)20(14,5)6/h11-18H,7-10H2,1-6H3/b22-21+/t11-,12-,13+,14+,15-,16-,17-,18-/m1/s1. The molecule has 6 fully saturated rings. The number of fused-ring (bicyclic) bond motifs is 4. The van der Waals surface area contributed by atoms with Crippen molar-refractivity contribution in [3.8, 4) is 0 Å². The van der Waals surface area contributed by atoms with Gasteiger partial charge >= 0.3 is 0 Å². The lowest BCUT2D eigenvalue weighted by Crippen LogP contribution is -2.61. The van der Waals surface area contributed by atoms with Gasteiger partial charge in [0.1, 0.15) is 0 Å². The molecule has 0 aromatic carbocycles. The number of rotatable bonds is 2. The highest BCUT2D eigenvalue weighted by Gasteiger charge is 2.62. The Morgan fingerprint density at radius 1 is 0.667 bits per heavy atom. The SMILES string of the molecule is C[C@H]1[C@H](/[N+]([O-])=[N+](\[O-])[C@@H]2C[C@@H]3C[C@H]([C@H]2C)C3(C)C)C[C@@H]2C[C@H]1C2(C)C. The summed E-state index contributed by atoms with van der Waals surface area (Å²) in [4.78, 5) is 1.72. The first-order valence-electron chi connectivity index (χ1n) is 9.99. The van der Waals surface area contributed by atoms with Crippen LogP contribution in [0, 0.1) is 56.8 Å². The van der Waals surface area contributed by atoms with Crippen LogP contribution in [0.15, 0.2) is 0 Å². The summed E-state index contributed by atoms with van der Waals surface area (Å²) in [5, 5.41) is 25.9. The molecule has 0 radical (unpaired) electrons. The third-order valence-corrected chi connectivity index (χ3v) is 9.39. The zero-order chi connectivity index (χ0) is 17.6. The van der Waals surface area contributed by atoms with Gasteiger partial charge in [0.05, 0.1) is 0 Å². The lowest BCUT2D eigenvalue weighted by Gasteiger charge is -2.60. The van der Waals surface area contributed by atoms with Gasteiger partial charge in [0.15, 0.2) is 0 Å².